The van der Waals surface area contributed by atoms with Crippen molar-refractivity contribution in [3.05, 3.63) is 93.4 Å². The molecular weight excluding hydrogens is 504 g/mol. The summed E-state index contributed by atoms with van der Waals surface area (Å²) in [5, 5.41) is 3.43. The maximum atomic E-state index is 13.9. The van der Waals surface area contributed by atoms with Gasteiger partial charge in [-0.05, 0) is 79.8 Å². The van der Waals surface area contributed by atoms with E-state index in [2.05, 4.69) is 5.32 Å². The highest BCUT2D eigenvalue weighted by Crippen LogP contribution is 2.45. The third-order valence-electron chi connectivity index (χ3n) is 6.46. The van der Waals surface area contributed by atoms with Crippen LogP contribution in [0.15, 0.2) is 70.5 Å². The number of hydrogen-bond acceptors (Lipinski definition) is 7. The molecule has 8 heteroatoms. The number of sulfone groups is 1. The molecule has 0 unspecified atom stereocenters. The monoisotopic (exact) mass is 534 g/mol. The lowest BCUT2D eigenvalue weighted by Gasteiger charge is -2.12. The second-order valence-corrected chi connectivity index (χ2v) is 11.8. The highest BCUT2D eigenvalue weighted by molar-refractivity contribution is 7.92. The van der Waals surface area contributed by atoms with Gasteiger partial charge in [-0.2, -0.15) is 0 Å². The number of para-hydroxylation sites is 2. The lowest BCUT2D eigenvalue weighted by atomic mass is 9.97. The molecule has 1 heterocycles. The fourth-order valence-corrected chi connectivity index (χ4v) is 7.08. The maximum absolute atomic E-state index is 13.9. The summed E-state index contributed by atoms with van der Waals surface area (Å²) in [6.45, 7) is 7.79. The predicted molar refractivity (Wildman–Crippen MR) is 150 cm³/mol. The van der Waals surface area contributed by atoms with Crippen LogP contribution in [0, 0.1) is 20.8 Å². The van der Waals surface area contributed by atoms with Gasteiger partial charge in [-0.15, -0.1) is 11.3 Å². The molecule has 0 radical (unpaired) electrons. The average molecular weight is 535 g/mol. The third kappa shape index (κ3) is 4.99. The van der Waals surface area contributed by atoms with Gasteiger partial charge in [0.2, 0.25) is 15.6 Å². The Morgan fingerprint density at radius 3 is 2.27 bits per heavy atom. The standard InChI is InChI=1S/C29H30N2O4S2/c1-6-20-11-13-21(14-12-20)37(33,34)28-25(30)27(26(32)22-16-18(3)17(2)15-19(22)4)36-29(28)31-23-9-7-8-10-24(23)35-5/h7-16,31H,6,30H2,1-5H3. The van der Waals surface area contributed by atoms with Gasteiger partial charge in [0.1, 0.15) is 20.5 Å². The molecule has 0 bridgehead atoms. The van der Waals surface area contributed by atoms with Crippen molar-refractivity contribution in [1.29, 1.82) is 0 Å². The van der Waals surface area contributed by atoms with Crippen LogP contribution in [0.25, 0.3) is 0 Å². The number of carbonyl (C=O) groups excluding carboxylic acids is 1. The molecule has 3 N–H and O–H groups in total. The van der Waals surface area contributed by atoms with E-state index in [1.165, 1.54) is 7.11 Å². The molecule has 0 saturated heterocycles. The average Bonchev–Trinajstić information content (AvgIpc) is 3.22. The van der Waals surface area contributed by atoms with E-state index in [1.807, 2.05) is 52.0 Å². The minimum atomic E-state index is -4.05. The predicted octanol–water partition coefficient (Wildman–Crippen LogP) is 6.63. The van der Waals surface area contributed by atoms with Crippen LogP contribution in [0.4, 0.5) is 16.4 Å². The smallest absolute Gasteiger partial charge is 0.211 e. The molecule has 0 aliphatic heterocycles. The van der Waals surface area contributed by atoms with Gasteiger partial charge in [0.25, 0.3) is 0 Å². The summed E-state index contributed by atoms with van der Waals surface area (Å²) in [4.78, 5) is 13.9. The number of rotatable bonds is 8. The van der Waals surface area contributed by atoms with Crippen molar-refractivity contribution in [3.8, 4) is 5.75 Å². The van der Waals surface area contributed by atoms with Crippen molar-refractivity contribution in [2.45, 2.75) is 43.9 Å². The molecule has 0 aliphatic rings. The Morgan fingerprint density at radius 1 is 0.973 bits per heavy atom. The van der Waals surface area contributed by atoms with Crippen LogP contribution in [0.5, 0.6) is 5.75 Å². The normalized spacial score (nSPS) is 11.4. The first-order valence-electron chi connectivity index (χ1n) is 11.9. The van der Waals surface area contributed by atoms with Crippen molar-refractivity contribution >= 4 is 43.3 Å². The molecule has 1 aromatic heterocycles. The molecule has 192 valence electrons. The fraction of sp³-hybridized carbons (Fsp3) is 0.207. The van der Waals surface area contributed by atoms with E-state index >= 15 is 0 Å². The number of anilines is 3. The number of aryl methyl sites for hydroxylation is 4. The first kappa shape index (κ1) is 26.4. The largest absolute Gasteiger partial charge is 0.495 e. The Bertz CT molecular complexity index is 1590. The minimum absolute atomic E-state index is 0.0652. The number of nitrogens with two attached hydrogens (primary N) is 1. The first-order valence-corrected chi connectivity index (χ1v) is 14.2. The van der Waals surface area contributed by atoms with Gasteiger partial charge < -0.3 is 15.8 Å². The molecule has 4 rings (SSSR count). The molecule has 4 aromatic rings. The number of nitrogens with one attached hydrogen (secondary N) is 1. The first-order chi connectivity index (χ1) is 17.6. The second-order valence-electron chi connectivity index (χ2n) is 8.91. The summed E-state index contributed by atoms with van der Waals surface area (Å²) < 4.78 is 33.2. The number of nitrogen functional groups attached to an aromatic ring is 1. The number of benzene rings is 3. The van der Waals surface area contributed by atoms with E-state index < -0.39 is 9.84 Å². The number of carbonyl (C=O) groups is 1. The highest BCUT2D eigenvalue weighted by Gasteiger charge is 2.32. The summed E-state index contributed by atoms with van der Waals surface area (Å²) in [6, 6.07) is 17.7. The maximum Gasteiger partial charge on any atom is 0.211 e. The minimum Gasteiger partial charge on any atom is -0.495 e. The van der Waals surface area contributed by atoms with Crippen molar-refractivity contribution in [2.75, 3.05) is 18.2 Å². The SMILES string of the molecule is CCc1ccc(S(=O)(=O)c2c(Nc3ccccc3OC)sc(C(=O)c3cc(C)c(C)cc3C)c2N)cc1. The Balaban J connectivity index is 1.92. The zero-order chi connectivity index (χ0) is 26.9. The van der Waals surface area contributed by atoms with Crippen molar-refractivity contribution in [3.63, 3.8) is 0 Å². The number of hydrogen-bond donors (Lipinski definition) is 2. The Kier molecular flexibility index (Phi) is 7.43. The molecule has 0 saturated carbocycles. The van der Waals surface area contributed by atoms with Gasteiger partial charge >= 0.3 is 0 Å². The van der Waals surface area contributed by atoms with Gasteiger partial charge in [0.05, 0.1) is 23.4 Å². The highest BCUT2D eigenvalue weighted by atomic mass is 32.2. The van der Waals surface area contributed by atoms with E-state index in [4.69, 9.17) is 10.5 Å². The van der Waals surface area contributed by atoms with Crippen LogP contribution >= 0.6 is 11.3 Å². The van der Waals surface area contributed by atoms with Crippen molar-refractivity contribution < 1.29 is 17.9 Å². The van der Waals surface area contributed by atoms with Crippen molar-refractivity contribution in [2.24, 2.45) is 0 Å². The van der Waals surface area contributed by atoms with Gasteiger partial charge in [0.15, 0.2) is 0 Å². The topological polar surface area (TPSA) is 98.5 Å². The van der Waals surface area contributed by atoms with Crippen LogP contribution in [-0.2, 0) is 16.3 Å². The molecule has 0 aliphatic carbocycles. The van der Waals surface area contributed by atoms with Gasteiger partial charge in [-0.1, -0.05) is 37.3 Å². The fourth-order valence-electron chi connectivity index (χ4n) is 4.17. The summed E-state index contributed by atoms with van der Waals surface area (Å²) in [5.74, 6) is 0.219. The number of thiophene rings is 1. The lowest BCUT2D eigenvalue weighted by Crippen LogP contribution is -2.09. The second kappa shape index (κ2) is 10.4. The van der Waals surface area contributed by atoms with Crippen LogP contribution in [-0.4, -0.2) is 21.3 Å². The molecule has 3 aromatic carbocycles. The lowest BCUT2D eigenvalue weighted by molar-refractivity contribution is 0.104. The molecule has 37 heavy (non-hydrogen) atoms. The van der Waals surface area contributed by atoms with E-state index in [9.17, 15) is 13.2 Å². The summed E-state index contributed by atoms with van der Waals surface area (Å²) in [7, 11) is -2.52. The third-order valence-corrected chi connectivity index (χ3v) is 9.56. The summed E-state index contributed by atoms with van der Waals surface area (Å²) >= 11 is 1.03. The van der Waals surface area contributed by atoms with Crippen LogP contribution in [0.2, 0.25) is 0 Å². The number of ketones is 1. The molecule has 0 atom stereocenters. The Hall–Kier alpha value is -3.62. The molecule has 0 fully saturated rings. The molecule has 0 amide bonds. The summed E-state index contributed by atoms with van der Waals surface area (Å²) in [6.07, 6.45) is 0.787. The van der Waals surface area contributed by atoms with Gasteiger partial charge in [-0.3, -0.25) is 4.79 Å². The zero-order valence-electron chi connectivity index (χ0n) is 21.5. The van der Waals surface area contributed by atoms with E-state index in [0.717, 1.165) is 40.0 Å². The van der Waals surface area contributed by atoms with E-state index in [1.54, 1.807) is 36.4 Å². The number of ether oxygens (including phenoxy) is 1. The zero-order valence-corrected chi connectivity index (χ0v) is 23.1. The van der Waals surface area contributed by atoms with Crippen LogP contribution in [0.3, 0.4) is 0 Å². The summed E-state index contributed by atoms with van der Waals surface area (Å²) in [5.41, 5.74) is 11.4. The van der Waals surface area contributed by atoms with Crippen LogP contribution in [0.1, 0.15) is 44.4 Å². The molecule has 0 spiro atoms. The molecular formula is C29H30N2O4S2. The van der Waals surface area contributed by atoms with Crippen molar-refractivity contribution in [1.82, 2.24) is 0 Å². The van der Waals surface area contributed by atoms with E-state index in [-0.39, 0.29) is 31.1 Å². The van der Waals surface area contributed by atoms with Gasteiger partial charge in [0, 0.05) is 5.56 Å². The van der Waals surface area contributed by atoms with Crippen LogP contribution < -0.4 is 15.8 Å². The van der Waals surface area contributed by atoms with E-state index in [0.29, 0.717) is 17.0 Å². The molecule has 6 nitrogen and oxygen atoms in total. The Morgan fingerprint density at radius 2 is 1.62 bits per heavy atom. The Labute approximate surface area is 222 Å². The number of methoxy groups -OCH3 is 1. The quantitative estimate of drug-likeness (QED) is 0.246. The van der Waals surface area contributed by atoms with Gasteiger partial charge in [-0.25, -0.2) is 8.42 Å².